The highest BCUT2D eigenvalue weighted by Gasteiger charge is 2.26. The minimum absolute atomic E-state index is 0.126. The number of nitro benzene ring substituents is 1. The van der Waals surface area contributed by atoms with Crippen molar-refractivity contribution in [2.75, 3.05) is 31.1 Å². The molecule has 134 valence electrons. The van der Waals surface area contributed by atoms with Gasteiger partial charge in [-0.25, -0.2) is 4.68 Å². The summed E-state index contributed by atoms with van der Waals surface area (Å²) in [6.07, 6.45) is 0. The van der Waals surface area contributed by atoms with Crippen molar-refractivity contribution in [1.29, 1.82) is 0 Å². The van der Waals surface area contributed by atoms with Crippen LogP contribution in [0, 0.1) is 10.1 Å². The highest BCUT2D eigenvalue weighted by Crippen LogP contribution is 2.19. The molecule has 9 heteroatoms. The fourth-order valence-corrected chi connectivity index (χ4v) is 3.10. The number of hydrogen-bond acceptors (Lipinski definition) is 6. The molecule has 9 nitrogen and oxygen atoms in total. The lowest BCUT2D eigenvalue weighted by atomic mass is 10.1. The maximum Gasteiger partial charge on any atom is 0.269 e. The molecule has 0 aliphatic carbocycles. The Morgan fingerprint density at radius 2 is 1.84 bits per heavy atom. The average molecular weight is 346 g/mol. The Morgan fingerprint density at radius 1 is 1.20 bits per heavy atom. The van der Waals surface area contributed by atoms with Crippen LogP contribution in [-0.4, -0.2) is 51.3 Å². The largest absolute Gasteiger partial charge is 0.360 e. The first kappa shape index (κ1) is 17.3. The lowest BCUT2D eigenvalue weighted by molar-refractivity contribution is -0.915. The lowest BCUT2D eigenvalue weighted by Gasteiger charge is -2.33. The van der Waals surface area contributed by atoms with Gasteiger partial charge in [-0.15, -0.1) is 5.10 Å². The maximum atomic E-state index is 10.8. The van der Waals surface area contributed by atoms with E-state index in [9.17, 15) is 10.1 Å². The third-order valence-corrected chi connectivity index (χ3v) is 4.47. The smallest absolute Gasteiger partial charge is 0.269 e. The van der Waals surface area contributed by atoms with E-state index >= 15 is 0 Å². The van der Waals surface area contributed by atoms with Crippen molar-refractivity contribution in [3.63, 3.8) is 0 Å². The van der Waals surface area contributed by atoms with Gasteiger partial charge in [-0.05, 0) is 43.3 Å². The first-order valence-corrected chi connectivity index (χ1v) is 8.45. The van der Waals surface area contributed by atoms with Crippen LogP contribution in [-0.2, 0) is 12.1 Å². The SMILES string of the molecule is CC(C)(C)n1nnnc1C[NH+]1CCN(c2ccc([N+](=O)[O-])cc2)CC1. The molecule has 0 spiro atoms. The summed E-state index contributed by atoms with van der Waals surface area (Å²) < 4.78 is 1.89. The second-order valence-electron chi connectivity index (χ2n) is 7.37. The van der Waals surface area contributed by atoms with Crippen molar-refractivity contribution in [2.45, 2.75) is 32.9 Å². The van der Waals surface area contributed by atoms with E-state index in [4.69, 9.17) is 0 Å². The molecule has 0 saturated carbocycles. The Labute approximate surface area is 146 Å². The van der Waals surface area contributed by atoms with Gasteiger partial charge in [-0.1, -0.05) is 0 Å². The van der Waals surface area contributed by atoms with Gasteiger partial charge < -0.3 is 9.80 Å². The van der Waals surface area contributed by atoms with Crippen LogP contribution >= 0.6 is 0 Å². The Bertz CT molecular complexity index is 728. The topological polar surface area (TPSA) is 94.4 Å². The van der Waals surface area contributed by atoms with Crippen LogP contribution < -0.4 is 9.80 Å². The molecule has 2 aromatic rings. The van der Waals surface area contributed by atoms with E-state index in [2.05, 4.69) is 41.2 Å². The molecule has 2 heterocycles. The van der Waals surface area contributed by atoms with Crippen LogP contribution in [0.25, 0.3) is 0 Å². The van der Waals surface area contributed by atoms with E-state index in [1.54, 1.807) is 12.1 Å². The summed E-state index contributed by atoms with van der Waals surface area (Å²) in [5.41, 5.74) is 1.03. The molecule has 1 N–H and O–H groups in total. The summed E-state index contributed by atoms with van der Waals surface area (Å²) >= 11 is 0. The van der Waals surface area contributed by atoms with Crippen LogP contribution in [0.3, 0.4) is 0 Å². The van der Waals surface area contributed by atoms with Crippen molar-refractivity contribution >= 4 is 11.4 Å². The number of rotatable bonds is 4. The van der Waals surface area contributed by atoms with Crippen LogP contribution in [0.5, 0.6) is 0 Å². The molecular formula is C16H24N7O2+. The van der Waals surface area contributed by atoms with Crippen molar-refractivity contribution in [2.24, 2.45) is 0 Å². The summed E-state index contributed by atoms with van der Waals surface area (Å²) in [7, 11) is 0. The number of nitrogens with one attached hydrogen (secondary N) is 1. The summed E-state index contributed by atoms with van der Waals surface area (Å²) in [5.74, 6) is 0.909. The van der Waals surface area contributed by atoms with Crippen molar-refractivity contribution < 1.29 is 9.82 Å². The third-order valence-electron chi connectivity index (χ3n) is 4.47. The number of aromatic nitrogens is 4. The molecule has 0 unspecified atom stereocenters. The van der Waals surface area contributed by atoms with Gasteiger partial charge >= 0.3 is 0 Å². The number of tetrazole rings is 1. The second-order valence-corrected chi connectivity index (χ2v) is 7.37. The van der Waals surface area contributed by atoms with E-state index in [1.807, 2.05) is 16.8 Å². The quantitative estimate of drug-likeness (QED) is 0.630. The van der Waals surface area contributed by atoms with Gasteiger partial charge in [0.15, 0.2) is 0 Å². The molecule has 1 aliphatic rings. The minimum Gasteiger partial charge on any atom is -0.360 e. The highest BCUT2D eigenvalue weighted by atomic mass is 16.6. The van der Waals surface area contributed by atoms with E-state index in [1.165, 1.54) is 4.90 Å². The molecule has 1 saturated heterocycles. The maximum absolute atomic E-state index is 10.8. The molecule has 1 fully saturated rings. The van der Waals surface area contributed by atoms with Gasteiger partial charge in [0.25, 0.3) is 5.69 Å². The Hall–Kier alpha value is -2.55. The zero-order chi connectivity index (χ0) is 18.0. The number of hydrogen-bond donors (Lipinski definition) is 1. The lowest BCUT2D eigenvalue weighted by Crippen LogP contribution is -3.13. The highest BCUT2D eigenvalue weighted by molar-refractivity contribution is 5.50. The predicted octanol–water partition coefficient (Wildman–Crippen LogP) is 0.241. The molecule has 1 aliphatic heterocycles. The zero-order valence-corrected chi connectivity index (χ0v) is 14.8. The molecular weight excluding hydrogens is 322 g/mol. The van der Waals surface area contributed by atoms with Crippen molar-refractivity contribution in [3.8, 4) is 0 Å². The van der Waals surface area contributed by atoms with Crippen molar-refractivity contribution in [1.82, 2.24) is 20.2 Å². The van der Waals surface area contributed by atoms with Gasteiger partial charge in [0.05, 0.1) is 36.6 Å². The molecule has 0 amide bonds. The zero-order valence-electron chi connectivity index (χ0n) is 14.8. The molecule has 0 radical (unpaired) electrons. The number of nitrogens with zero attached hydrogens (tertiary/aromatic N) is 6. The van der Waals surface area contributed by atoms with Crippen LogP contribution in [0.15, 0.2) is 24.3 Å². The normalized spacial score (nSPS) is 16.2. The van der Waals surface area contributed by atoms with E-state index in [-0.39, 0.29) is 16.1 Å². The summed E-state index contributed by atoms with van der Waals surface area (Å²) in [5, 5.41) is 22.9. The summed E-state index contributed by atoms with van der Waals surface area (Å²) in [6, 6.07) is 6.77. The number of benzene rings is 1. The Morgan fingerprint density at radius 3 is 2.40 bits per heavy atom. The standard InChI is InChI=1S/C16H23N7O2/c1-16(2,3)22-15(17-18-19-22)12-20-8-10-21(11-9-20)13-4-6-14(7-5-13)23(24)25/h4-7H,8-12H2,1-3H3/p+1. The summed E-state index contributed by atoms with van der Waals surface area (Å²) in [6.45, 7) is 10.9. The molecule has 3 rings (SSSR count). The first-order valence-electron chi connectivity index (χ1n) is 8.45. The van der Waals surface area contributed by atoms with E-state index < -0.39 is 0 Å². The Balaban J connectivity index is 1.59. The van der Waals surface area contributed by atoms with E-state index in [0.717, 1.165) is 44.2 Å². The fourth-order valence-electron chi connectivity index (χ4n) is 3.10. The first-order chi connectivity index (χ1) is 11.8. The van der Waals surface area contributed by atoms with Crippen LogP contribution in [0.2, 0.25) is 0 Å². The monoisotopic (exact) mass is 346 g/mol. The van der Waals surface area contributed by atoms with Gasteiger partial charge in [0, 0.05) is 17.8 Å². The molecule has 1 aromatic carbocycles. The van der Waals surface area contributed by atoms with Crippen LogP contribution in [0.1, 0.15) is 26.6 Å². The predicted molar refractivity (Wildman–Crippen MR) is 92.5 cm³/mol. The van der Waals surface area contributed by atoms with Gasteiger partial charge in [0.2, 0.25) is 5.82 Å². The molecule has 0 atom stereocenters. The molecule has 0 bridgehead atoms. The average Bonchev–Trinajstić information content (AvgIpc) is 3.04. The third kappa shape index (κ3) is 3.93. The van der Waals surface area contributed by atoms with Gasteiger partial charge in [0.1, 0.15) is 6.54 Å². The number of quaternary nitrogens is 1. The van der Waals surface area contributed by atoms with Crippen molar-refractivity contribution in [3.05, 3.63) is 40.2 Å². The number of piperazine rings is 1. The minimum atomic E-state index is -0.370. The molecule has 1 aromatic heterocycles. The number of nitro groups is 1. The fraction of sp³-hybridized carbons (Fsp3) is 0.562. The Kier molecular flexibility index (Phi) is 4.67. The summed E-state index contributed by atoms with van der Waals surface area (Å²) in [4.78, 5) is 14.1. The number of non-ortho nitro benzene ring substituents is 1. The molecule has 25 heavy (non-hydrogen) atoms. The number of anilines is 1. The van der Waals surface area contributed by atoms with Crippen LogP contribution in [0.4, 0.5) is 11.4 Å². The van der Waals surface area contributed by atoms with E-state index in [0.29, 0.717) is 0 Å². The second kappa shape index (κ2) is 6.75. The van der Waals surface area contributed by atoms with Gasteiger partial charge in [-0.3, -0.25) is 10.1 Å². The van der Waals surface area contributed by atoms with Gasteiger partial charge in [-0.2, -0.15) is 0 Å².